The van der Waals surface area contributed by atoms with Gasteiger partial charge in [-0.25, -0.2) is 4.79 Å². The Kier molecular flexibility index (Phi) is 3.62. The minimum atomic E-state index is -0.143. The molecule has 6 heteroatoms. The average molecular weight is 317 g/mol. The van der Waals surface area contributed by atoms with Crippen LogP contribution in [0.4, 0.5) is 4.79 Å². The van der Waals surface area contributed by atoms with Crippen molar-refractivity contribution in [1.29, 1.82) is 0 Å². The lowest BCUT2D eigenvalue weighted by molar-refractivity contribution is -0.140. The van der Waals surface area contributed by atoms with Gasteiger partial charge in [-0.1, -0.05) is 12.2 Å². The maximum atomic E-state index is 12.5. The van der Waals surface area contributed by atoms with E-state index in [9.17, 15) is 14.4 Å². The van der Waals surface area contributed by atoms with Crippen molar-refractivity contribution in [3.05, 3.63) is 12.2 Å². The third kappa shape index (κ3) is 2.35. The fourth-order valence-electron chi connectivity index (χ4n) is 4.67. The highest BCUT2D eigenvalue weighted by atomic mass is 16.2. The summed E-state index contributed by atoms with van der Waals surface area (Å²) in [6.07, 6.45) is 8.43. The fraction of sp³-hybridized carbons (Fsp3) is 0.706. The molecule has 2 saturated heterocycles. The quantitative estimate of drug-likeness (QED) is 0.623. The van der Waals surface area contributed by atoms with Crippen molar-refractivity contribution in [2.24, 2.45) is 23.7 Å². The number of urea groups is 1. The second-order valence-electron chi connectivity index (χ2n) is 7.11. The van der Waals surface area contributed by atoms with Crippen LogP contribution in [0.15, 0.2) is 12.2 Å². The Morgan fingerprint density at radius 2 is 1.65 bits per heavy atom. The molecule has 3 fully saturated rings. The molecule has 124 valence electrons. The third-order valence-electron chi connectivity index (χ3n) is 5.82. The zero-order chi connectivity index (χ0) is 16.0. The number of carbonyl (C=O) groups is 3. The molecule has 0 aromatic carbocycles. The summed E-state index contributed by atoms with van der Waals surface area (Å²) in [4.78, 5) is 40.3. The van der Waals surface area contributed by atoms with Crippen LogP contribution in [0.5, 0.6) is 0 Å². The first kappa shape index (κ1) is 14.7. The molecule has 2 aliphatic carbocycles. The van der Waals surface area contributed by atoms with Gasteiger partial charge in [-0.15, -0.1) is 0 Å². The van der Waals surface area contributed by atoms with Crippen LogP contribution in [-0.4, -0.2) is 53.8 Å². The van der Waals surface area contributed by atoms with Gasteiger partial charge in [-0.2, -0.15) is 0 Å². The highest BCUT2D eigenvalue weighted by molar-refractivity contribution is 6.06. The number of likely N-dealkylation sites (tertiary alicyclic amines) is 2. The van der Waals surface area contributed by atoms with Gasteiger partial charge in [0.25, 0.3) is 0 Å². The molecular weight excluding hydrogens is 294 g/mol. The van der Waals surface area contributed by atoms with Gasteiger partial charge < -0.3 is 10.2 Å². The van der Waals surface area contributed by atoms with E-state index in [1.165, 1.54) is 11.3 Å². The summed E-state index contributed by atoms with van der Waals surface area (Å²) in [7, 11) is 0. The lowest BCUT2D eigenvalue weighted by atomic mass is 9.85. The normalized spacial score (nSPS) is 35.1. The number of piperidine rings is 1. The van der Waals surface area contributed by atoms with E-state index in [-0.39, 0.29) is 41.5 Å². The molecule has 4 amide bonds. The molecule has 0 unspecified atom stereocenters. The van der Waals surface area contributed by atoms with Gasteiger partial charge in [0.15, 0.2) is 0 Å². The standard InChI is InChI=1S/C17H23N3O3/c21-15-13-11-4-5-12(10-11)14(13)16(22)20(15)9-6-18-17(23)19-7-2-1-3-8-19/h4-5,11-14H,1-3,6-10H2,(H,18,23)/t11-,12-,13-,14-/m0/s1. The molecule has 0 spiro atoms. The van der Waals surface area contributed by atoms with E-state index in [0.717, 1.165) is 32.4 Å². The first-order valence-electron chi connectivity index (χ1n) is 8.73. The predicted molar refractivity (Wildman–Crippen MR) is 83.3 cm³/mol. The summed E-state index contributed by atoms with van der Waals surface area (Å²) in [6, 6.07) is -0.0780. The van der Waals surface area contributed by atoms with E-state index >= 15 is 0 Å². The molecule has 4 rings (SSSR count). The molecule has 2 bridgehead atoms. The Morgan fingerprint density at radius 3 is 2.26 bits per heavy atom. The highest BCUT2D eigenvalue weighted by Gasteiger charge is 2.58. The number of amides is 4. The predicted octanol–water partition coefficient (Wildman–Crippen LogP) is 0.989. The van der Waals surface area contributed by atoms with E-state index in [4.69, 9.17) is 0 Å². The van der Waals surface area contributed by atoms with Gasteiger partial charge >= 0.3 is 6.03 Å². The summed E-state index contributed by atoms with van der Waals surface area (Å²) in [5.41, 5.74) is 0. The van der Waals surface area contributed by atoms with Crippen molar-refractivity contribution in [1.82, 2.24) is 15.1 Å². The number of hydrogen-bond acceptors (Lipinski definition) is 3. The number of hydrogen-bond donors (Lipinski definition) is 1. The van der Waals surface area contributed by atoms with E-state index in [1.807, 2.05) is 4.90 Å². The maximum Gasteiger partial charge on any atom is 0.317 e. The van der Waals surface area contributed by atoms with Crippen molar-refractivity contribution in [3.63, 3.8) is 0 Å². The van der Waals surface area contributed by atoms with Gasteiger partial charge in [-0.3, -0.25) is 14.5 Å². The SMILES string of the molecule is O=C(NCCN1C(=O)[C@@H]2[C@@H](C1=O)[C@H]1C=C[C@H]2C1)N1CCCCC1. The number of fused-ring (bicyclic) bond motifs is 5. The minimum absolute atomic E-state index is 0.0379. The Bertz CT molecular complexity index is 537. The van der Waals surface area contributed by atoms with E-state index in [2.05, 4.69) is 17.5 Å². The van der Waals surface area contributed by atoms with Crippen molar-refractivity contribution in [3.8, 4) is 0 Å². The molecule has 1 N–H and O–H groups in total. The monoisotopic (exact) mass is 317 g/mol. The Hall–Kier alpha value is -1.85. The lowest BCUT2D eigenvalue weighted by Crippen LogP contribution is -2.46. The van der Waals surface area contributed by atoms with Crippen molar-refractivity contribution < 1.29 is 14.4 Å². The van der Waals surface area contributed by atoms with Crippen LogP contribution >= 0.6 is 0 Å². The number of imide groups is 1. The van der Waals surface area contributed by atoms with Crippen LogP contribution in [0, 0.1) is 23.7 Å². The van der Waals surface area contributed by atoms with Crippen molar-refractivity contribution in [2.75, 3.05) is 26.2 Å². The molecule has 0 aromatic rings. The van der Waals surface area contributed by atoms with Gasteiger partial charge in [0.2, 0.25) is 11.8 Å². The smallest absolute Gasteiger partial charge is 0.317 e. The largest absolute Gasteiger partial charge is 0.336 e. The summed E-state index contributed by atoms with van der Waals surface area (Å²) in [5.74, 6) is 0.127. The van der Waals surface area contributed by atoms with Crippen LogP contribution in [-0.2, 0) is 9.59 Å². The Morgan fingerprint density at radius 1 is 1.04 bits per heavy atom. The number of allylic oxidation sites excluding steroid dienone is 2. The van der Waals surface area contributed by atoms with Crippen molar-refractivity contribution >= 4 is 17.8 Å². The van der Waals surface area contributed by atoms with Crippen molar-refractivity contribution in [2.45, 2.75) is 25.7 Å². The molecule has 0 radical (unpaired) electrons. The second kappa shape index (κ2) is 5.65. The van der Waals surface area contributed by atoms with Gasteiger partial charge in [0.05, 0.1) is 11.8 Å². The summed E-state index contributed by atoms with van der Waals surface area (Å²) in [5, 5.41) is 2.85. The summed E-state index contributed by atoms with van der Waals surface area (Å²) in [6.45, 7) is 2.23. The molecule has 1 saturated carbocycles. The van der Waals surface area contributed by atoms with Gasteiger partial charge in [-0.05, 0) is 37.5 Å². The Labute approximate surface area is 135 Å². The summed E-state index contributed by atoms with van der Waals surface area (Å²) < 4.78 is 0. The number of carbonyl (C=O) groups excluding carboxylic acids is 3. The maximum absolute atomic E-state index is 12.5. The molecule has 4 aliphatic rings. The molecule has 0 aromatic heterocycles. The van der Waals surface area contributed by atoms with Gasteiger partial charge in [0, 0.05) is 26.2 Å². The third-order valence-corrected chi connectivity index (χ3v) is 5.82. The van der Waals surface area contributed by atoms with Crippen LogP contribution in [0.25, 0.3) is 0 Å². The molecule has 2 heterocycles. The zero-order valence-electron chi connectivity index (χ0n) is 13.2. The molecule has 2 aliphatic heterocycles. The molecule has 6 nitrogen and oxygen atoms in total. The summed E-state index contributed by atoms with van der Waals surface area (Å²) >= 11 is 0. The number of nitrogens with one attached hydrogen (secondary N) is 1. The van der Waals surface area contributed by atoms with E-state index in [0.29, 0.717) is 13.1 Å². The van der Waals surface area contributed by atoms with Crippen LogP contribution in [0.1, 0.15) is 25.7 Å². The van der Waals surface area contributed by atoms with Crippen LogP contribution < -0.4 is 5.32 Å². The lowest BCUT2D eigenvalue weighted by Gasteiger charge is -2.27. The zero-order valence-corrected chi connectivity index (χ0v) is 13.2. The van der Waals surface area contributed by atoms with E-state index < -0.39 is 0 Å². The fourth-order valence-corrected chi connectivity index (χ4v) is 4.67. The molecule has 23 heavy (non-hydrogen) atoms. The van der Waals surface area contributed by atoms with E-state index in [1.54, 1.807) is 0 Å². The average Bonchev–Trinajstić information content (AvgIpc) is 3.25. The first-order valence-corrected chi connectivity index (χ1v) is 8.73. The highest BCUT2D eigenvalue weighted by Crippen LogP contribution is 2.52. The topological polar surface area (TPSA) is 69.7 Å². The Balaban J connectivity index is 1.31. The first-order chi connectivity index (χ1) is 11.2. The molecular formula is C17H23N3O3. The minimum Gasteiger partial charge on any atom is -0.336 e. The van der Waals surface area contributed by atoms with Crippen LogP contribution in [0.3, 0.4) is 0 Å². The number of nitrogens with zero attached hydrogens (tertiary/aromatic N) is 2. The molecule has 4 atom stereocenters. The van der Waals surface area contributed by atoms with Gasteiger partial charge in [0.1, 0.15) is 0 Å². The van der Waals surface area contributed by atoms with Crippen LogP contribution in [0.2, 0.25) is 0 Å². The second-order valence-corrected chi connectivity index (χ2v) is 7.11. The number of rotatable bonds is 3.